The molecular weight excluding hydrogens is 418 g/mol. The molecule has 1 N–H and O–H groups in total. The zero-order valence-electron chi connectivity index (χ0n) is 17.5. The Morgan fingerprint density at radius 1 is 1.03 bits per heavy atom. The molecule has 4 rings (SSSR count). The van der Waals surface area contributed by atoms with E-state index in [2.05, 4.69) is 5.32 Å². The Morgan fingerprint density at radius 3 is 2.26 bits per heavy atom. The summed E-state index contributed by atoms with van der Waals surface area (Å²) < 4.78 is 27.4. The monoisotopic (exact) mass is 445 g/mol. The van der Waals surface area contributed by atoms with Crippen molar-refractivity contribution in [1.29, 1.82) is 0 Å². The molecule has 1 aromatic rings. The summed E-state index contributed by atoms with van der Waals surface area (Å²) in [5.74, 6) is -1.92. The lowest BCUT2D eigenvalue weighted by Gasteiger charge is -2.26. The third-order valence-electron chi connectivity index (χ3n) is 6.34. The lowest BCUT2D eigenvalue weighted by molar-refractivity contribution is -0.142. The predicted molar refractivity (Wildman–Crippen MR) is 114 cm³/mol. The van der Waals surface area contributed by atoms with Crippen molar-refractivity contribution < 1.29 is 22.8 Å². The first kappa shape index (κ1) is 21.7. The van der Waals surface area contributed by atoms with Crippen LogP contribution >= 0.6 is 0 Å². The van der Waals surface area contributed by atoms with Crippen molar-refractivity contribution in [3.05, 3.63) is 35.9 Å². The molecule has 3 aliphatic rings. The highest BCUT2D eigenvalue weighted by Crippen LogP contribution is 2.35. The van der Waals surface area contributed by atoms with Gasteiger partial charge < -0.3 is 5.32 Å². The molecule has 2 unspecified atom stereocenters. The van der Waals surface area contributed by atoms with E-state index in [0.717, 1.165) is 24.2 Å². The molecule has 166 valence electrons. The third-order valence-corrected chi connectivity index (χ3v) is 8.23. The van der Waals surface area contributed by atoms with E-state index in [9.17, 15) is 22.8 Å². The van der Waals surface area contributed by atoms with Crippen LogP contribution in [0.1, 0.15) is 37.7 Å². The Morgan fingerprint density at radius 2 is 1.65 bits per heavy atom. The molecule has 0 saturated carbocycles. The highest BCUT2D eigenvalue weighted by Gasteiger charge is 2.47. The highest BCUT2D eigenvalue weighted by atomic mass is 32.2. The van der Waals surface area contributed by atoms with Gasteiger partial charge in [0, 0.05) is 18.8 Å². The maximum Gasteiger partial charge on any atom is 0.244 e. The fourth-order valence-corrected chi connectivity index (χ4v) is 6.05. The molecule has 31 heavy (non-hydrogen) atoms. The Bertz CT molecular complexity index is 1020. The number of fused-ring (bicyclic) bond motifs is 1. The molecule has 2 saturated heterocycles. The predicted octanol–water partition coefficient (Wildman–Crippen LogP) is 2.06. The molecular formula is C22H27N3O5S. The lowest BCUT2D eigenvalue weighted by Crippen LogP contribution is -2.38. The molecule has 1 aliphatic carbocycles. The molecule has 9 heteroatoms. The largest absolute Gasteiger partial charge is 0.324 e. The number of rotatable bonds is 5. The van der Waals surface area contributed by atoms with Crippen LogP contribution in [0.25, 0.3) is 0 Å². The van der Waals surface area contributed by atoms with Crippen molar-refractivity contribution >= 4 is 33.4 Å². The van der Waals surface area contributed by atoms with Crippen LogP contribution in [0.4, 0.5) is 5.69 Å². The number of likely N-dealkylation sites (tertiary alicyclic amines) is 1. The first-order valence-corrected chi connectivity index (χ1v) is 12.1. The van der Waals surface area contributed by atoms with E-state index in [0.29, 0.717) is 37.2 Å². The fourth-order valence-electron chi connectivity index (χ4n) is 4.51. The van der Waals surface area contributed by atoms with E-state index in [1.165, 1.54) is 10.4 Å². The Kier molecular flexibility index (Phi) is 5.98. The lowest BCUT2D eigenvalue weighted by atomic mass is 9.85. The first-order chi connectivity index (χ1) is 14.8. The molecule has 2 atom stereocenters. The second-order valence-electron chi connectivity index (χ2n) is 8.41. The second kappa shape index (κ2) is 8.55. The van der Waals surface area contributed by atoms with Crippen molar-refractivity contribution in [2.75, 3.05) is 25.0 Å². The van der Waals surface area contributed by atoms with Gasteiger partial charge in [-0.25, -0.2) is 8.42 Å². The summed E-state index contributed by atoms with van der Waals surface area (Å²) in [5, 5.41) is 2.69. The van der Waals surface area contributed by atoms with Gasteiger partial charge in [-0.2, -0.15) is 4.31 Å². The first-order valence-electron chi connectivity index (χ1n) is 10.7. The number of hydrogen-bond donors (Lipinski definition) is 1. The van der Waals surface area contributed by atoms with E-state index in [4.69, 9.17) is 0 Å². The summed E-state index contributed by atoms with van der Waals surface area (Å²) in [7, 11) is -3.63. The number of carbonyl (C=O) groups is 3. The zero-order valence-corrected chi connectivity index (χ0v) is 18.4. The van der Waals surface area contributed by atoms with Gasteiger partial charge >= 0.3 is 0 Å². The number of hydrogen-bond acceptors (Lipinski definition) is 5. The number of carbonyl (C=O) groups excluding carboxylic acids is 3. The van der Waals surface area contributed by atoms with E-state index in [-0.39, 0.29) is 35.1 Å². The number of piperidine rings is 1. The number of nitrogens with zero attached hydrogens (tertiary/aromatic N) is 2. The highest BCUT2D eigenvalue weighted by molar-refractivity contribution is 7.89. The number of amides is 3. The van der Waals surface area contributed by atoms with E-state index >= 15 is 0 Å². The van der Waals surface area contributed by atoms with E-state index in [1.807, 2.05) is 12.2 Å². The van der Waals surface area contributed by atoms with Crippen molar-refractivity contribution in [3.63, 3.8) is 0 Å². The number of sulfonamides is 1. The van der Waals surface area contributed by atoms with Gasteiger partial charge in [-0.1, -0.05) is 24.6 Å². The number of aryl methyl sites for hydroxylation is 1. The molecule has 0 aromatic heterocycles. The molecule has 1 aromatic carbocycles. The number of allylic oxidation sites excluding steroid dienone is 2. The van der Waals surface area contributed by atoms with E-state index < -0.39 is 15.9 Å². The maximum absolute atomic E-state index is 13.0. The molecule has 8 nitrogen and oxygen atoms in total. The summed E-state index contributed by atoms with van der Waals surface area (Å²) in [6, 6.07) is 4.65. The molecule has 0 spiro atoms. The Hall–Kier alpha value is -2.52. The van der Waals surface area contributed by atoms with Crippen LogP contribution in [0.2, 0.25) is 0 Å². The van der Waals surface area contributed by atoms with Crippen molar-refractivity contribution in [2.24, 2.45) is 11.8 Å². The average molecular weight is 446 g/mol. The van der Waals surface area contributed by atoms with Crippen molar-refractivity contribution in [1.82, 2.24) is 9.21 Å². The van der Waals surface area contributed by atoms with Crippen LogP contribution in [0.5, 0.6) is 0 Å². The summed E-state index contributed by atoms with van der Waals surface area (Å²) in [6.07, 6.45) is 7.52. The van der Waals surface area contributed by atoms with E-state index in [1.54, 1.807) is 19.1 Å². The van der Waals surface area contributed by atoms with Crippen molar-refractivity contribution in [3.8, 4) is 0 Å². The average Bonchev–Trinajstić information content (AvgIpc) is 3.01. The Balaban J connectivity index is 1.48. The quantitative estimate of drug-likeness (QED) is 0.552. The molecule has 0 radical (unpaired) electrons. The fraction of sp³-hybridized carbons (Fsp3) is 0.500. The zero-order chi connectivity index (χ0) is 22.2. The molecule has 3 amide bonds. The minimum Gasteiger partial charge on any atom is -0.324 e. The summed E-state index contributed by atoms with van der Waals surface area (Å²) in [6.45, 7) is 2.38. The molecule has 2 heterocycles. The number of anilines is 1. The second-order valence-corrected chi connectivity index (χ2v) is 10.3. The number of benzene rings is 1. The van der Waals surface area contributed by atoms with Gasteiger partial charge in [0.1, 0.15) is 6.54 Å². The van der Waals surface area contributed by atoms with Crippen LogP contribution in [-0.2, 0) is 24.4 Å². The SMILES string of the molecule is Cc1ccc(S(=O)(=O)N2CCCCC2)cc1NC(=O)CN1C(=O)C2CC=CCC2C1=O. The minimum atomic E-state index is -3.63. The van der Waals surface area contributed by atoms with Gasteiger partial charge in [0.15, 0.2) is 0 Å². The van der Waals surface area contributed by atoms with Gasteiger partial charge in [0.05, 0.1) is 16.7 Å². The number of imide groups is 1. The van der Waals surface area contributed by atoms with Crippen LogP contribution in [0, 0.1) is 18.8 Å². The number of nitrogens with one attached hydrogen (secondary N) is 1. The van der Waals surface area contributed by atoms with Gasteiger partial charge in [-0.3, -0.25) is 19.3 Å². The third kappa shape index (κ3) is 4.16. The maximum atomic E-state index is 13.0. The van der Waals surface area contributed by atoms with Crippen LogP contribution in [0.15, 0.2) is 35.2 Å². The summed E-state index contributed by atoms with van der Waals surface area (Å²) in [5.41, 5.74) is 1.06. The molecule has 0 bridgehead atoms. The normalized spacial score (nSPS) is 24.4. The molecule has 2 aliphatic heterocycles. The molecule has 2 fully saturated rings. The van der Waals surface area contributed by atoms with Gasteiger partial charge in [-0.15, -0.1) is 0 Å². The summed E-state index contributed by atoms with van der Waals surface area (Å²) in [4.78, 5) is 38.9. The van der Waals surface area contributed by atoms with Gasteiger partial charge in [-0.05, 0) is 50.3 Å². The Labute approximate surface area is 182 Å². The topological polar surface area (TPSA) is 104 Å². The van der Waals surface area contributed by atoms with Crippen LogP contribution in [0.3, 0.4) is 0 Å². The van der Waals surface area contributed by atoms with Crippen LogP contribution < -0.4 is 5.32 Å². The standard InChI is InChI=1S/C22H27N3O5S/c1-15-9-10-16(31(29,30)24-11-5-2-6-12-24)13-19(15)23-20(26)14-25-21(27)17-7-3-4-8-18(17)22(25)28/h3-4,9-10,13,17-18H,2,5-8,11-12,14H2,1H3,(H,23,26). The van der Waals surface area contributed by atoms with Crippen molar-refractivity contribution in [2.45, 2.75) is 43.9 Å². The summed E-state index contributed by atoms with van der Waals surface area (Å²) >= 11 is 0. The minimum absolute atomic E-state index is 0.126. The van der Waals surface area contributed by atoms with Gasteiger partial charge in [0.2, 0.25) is 27.7 Å². The van der Waals surface area contributed by atoms with Crippen LogP contribution in [-0.4, -0.2) is 55.0 Å². The van der Waals surface area contributed by atoms with Gasteiger partial charge in [0.25, 0.3) is 0 Å². The smallest absolute Gasteiger partial charge is 0.244 e.